The SMILES string of the molecule is NC(=O)CCN(C(=O)c1ccc(Oc2ccc(C(F)(F)F)cn2)cc1)c1ccc(F)cc1. The van der Waals surface area contributed by atoms with E-state index in [4.69, 9.17) is 10.5 Å². The fourth-order valence-electron chi connectivity index (χ4n) is 2.74. The summed E-state index contributed by atoms with van der Waals surface area (Å²) < 4.78 is 56.5. The van der Waals surface area contributed by atoms with Crippen molar-refractivity contribution < 1.29 is 31.9 Å². The summed E-state index contributed by atoms with van der Waals surface area (Å²) in [7, 11) is 0. The fourth-order valence-corrected chi connectivity index (χ4v) is 2.74. The van der Waals surface area contributed by atoms with Crippen molar-refractivity contribution in [3.05, 3.63) is 83.8 Å². The number of hydrogen-bond acceptors (Lipinski definition) is 4. The van der Waals surface area contributed by atoms with Crippen LogP contribution in [-0.4, -0.2) is 23.3 Å². The van der Waals surface area contributed by atoms with Crippen LogP contribution in [0.4, 0.5) is 23.2 Å². The molecule has 32 heavy (non-hydrogen) atoms. The summed E-state index contributed by atoms with van der Waals surface area (Å²) in [6, 6.07) is 12.9. The molecule has 0 saturated carbocycles. The van der Waals surface area contributed by atoms with Crippen molar-refractivity contribution >= 4 is 17.5 Å². The monoisotopic (exact) mass is 447 g/mol. The molecule has 1 heterocycles. The summed E-state index contributed by atoms with van der Waals surface area (Å²) in [5.74, 6) is -1.34. The van der Waals surface area contributed by atoms with Gasteiger partial charge in [-0.2, -0.15) is 13.2 Å². The second-order valence-corrected chi connectivity index (χ2v) is 6.66. The van der Waals surface area contributed by atoms with Gasteiger partial charge in [0.05, 0.1) is 5.56 Å². The first-order valence-corrected chi connectivity index (χ1v) is 9.30. The number of benzene rings is 2. The van der Waals surface area contributed by atoms with Crippen molar-refractivity contribution in [2.24, 2.45) is 5.73 Å². The maximum absolute atomic E-state index is 13.2. The van der Waals surface area contributed by atoms with E-state index in [0.29, 0.717) is 11.9 Å². The number of primary amides is 1. The van der Waals surface area contributed by atoms with Crippen LogP contribution in [-0.2, 0) is 11.0 Å². The molecule has 0 atom stereocenters. The molecule has 0 aliphatic rings. The molecule has 0 aliphatic heterocycles. The summed E-state index contributed by atoms with van der Waals surface area (Å²) in [6.45, 7) is -0.00642. The van der Waals surface area contributed by atoms with Gasteiger partial charge in [0.15, 0.2) is 0 Å². The van der Waals surface area contributed by atoms with E-state index in [2.05, 4.69) is 4.98 Å². The minimum Gasteiger partial charge on any atom is -0.439 e. The van der Waals surface area contributed by atoms with Gasteiger partial charge in [-0.1, -0.05) is 0 Å². The number of halogens is 4. The number of carbonyl (C=O) groups excluding carboxylic acids is 2. The van der Waals surface area contributed by atoms with Crippen LogP contribution in [0.15, 0.2) is 66.9 Å². The van der Waals surface area contributed by atoms with E-state index in [1.54, 1.807) is 0 Å². The third-order valence-electron chi connectivity index (χ3n) is 4.35. The summed E-state index contributed by atoms with van der Waals surface area (Å²) in [5.41, 5.74) is 4.91. The maximum atomic E-state index is 13.2. The Balaban J connectivity index is 1.75. The lowest BCUT2D eigenvalue weighted by Crippen LogP contribution is -2.34. The van der Waals surface area contributed by atoms with Crippen LogP contribution in [0.1, 0.15) is 22.3 Å². The summed E-state index contributed by atoms with van der Waals surface area (Å²) >= 11 is 0. The average Bonchev–Trinajstić information content (AvgIpc) is 2.75. The van der Waals surface area contributed by atoms with Gasteiger partial charge in [0.25, 0.3) is 5.91 Å². The predicted octanol–water partition coefficient (Wildman–Crippen LogP) is 4.55. The molecule has 1 aromatic heterocycles. The highest BCUT2D eigenvalue weighted by Gasteiger charge is 2.30. The molecule has 2 aromatic carbocycles. The molecule has 2 amide bonds. The molecule has 6 nitrogen and oxygen atoms in total. The topological polar surface area (TPSA) is 85.5 Å². The number of aromatic nitrogens is 1. The van der Waals surface area contributed by atoms with Crippen molar-refractivity contribution in [2.75, 3.05) is 11.4 Å². The van der Waals surface area contributed by atoms with Crippen LogP contribution in [0.2, 0.25) is 0 Å². The van der Waals surface area contributed by atoms with Gasteiger partial charge >= 0.3 is 6.18 Å². The number of amides is 2. The molecular weight excluding hydrogens is 430 g/mol. The number of ether oxygens (including phenoxy) is 1. The Labute approximate surface area is 180 Å². The highest BCUT2D eigenvalue weighted by molar-refractivity contribution is 6.06. The highest BCUT2D eigenvalue weighted by atomic mass is 19.4. The Bertz CT molecular complexity index is 1080. The van der Waals surface area contributed by atoms with Crippen LogP contribution in [0.25, 0.3) is 0 Å². The standard InChI is InChI=1S/C22H17F4N3O3/c23-16-4-6-17(7-5-16)29(12-11-19(27)30)21(31)14-1-8-18(9-2-14)32-20-10-3-15(13-28-20)22(24,25)26/h1-10,13H,11-12H2,(H2,27,30). The van der Waals surface area contributed by atoms with E-state index < -0.39 is 29.4 Å². The molecule has 0 unspecified atom stereocenters. The van der Waals surface area contributed by atoms with E-state index >= 15 is 0 Å². The van der Waals surface area contributed by atoms with Crippen molar-refractivity contribution in [3.8, 4) is 11.6 Å². The van der Waals surface area contributed by atoms with Gasteiger partial charge in [0, 0.05) is 36.5 Å². The zero-order valence-corrected chi connectivity index (χ0v) is 16.5. The van der Waals surface area contributed by atoms with Crippen molar-refractivity contribution in [2.45, 2.75) is 12.6 Å². The molecule has 0 radical (unpaired) electrons. The third-order valence-corrected chi connectivity index (χ3v) is 4.35. The lowest BCUT2D eigenvalue weighted by atomic mass is 10.1. The van der Waals surface area contributed by atoms with Crippen molar-refractivity contribution in [1.82, 2.24) is 4.98 Å². The van der Waals surface area contributed by atoms with Gasteiger partial charge in [0.1, 0.15) is 11.6 Å². The number of pyridine rings is 1. The minimum atomic E-state index is -4.50. The Hall–Kier alpha value is -3.95. The van der Waals surface area contributed by atoms with E-state index in [1.165, 1.54) is 53.4 Å². The van der Waals surface area contributed by atoms with Crippen LogP contribution < -0.4 is 15.4 Å². The second-order valence-electron chi connectivity index (χ2n) is 6.66. The lowest BCUT2D eigenvalue weighted by molar-refractivity contribution is -0.137. The number of hydrogen-bond donors (Lipinski definition) is 1. The first-order valence-electron chi connectivity index (χ1n) is 9.30. The van der Waals surface area contributed by atoms with Gasteiger partial charge in [0.2, 0.25) is 11.8 Å². The number of alkyl halides is 3. The molecule has 2 N–H and O–H groups in total. The zero-order valence-electron chi connectivity index (χ0n) is 16.5. The summed E-state index contributed by atoms with van der Waals surface area (Å²) in [6.07, 6.45) is -3.94. The molecule has 0 saturated heterocycles. The molecule has 0 fully saturated rings. The van der Waals surface area contributed by atoms with Gasteiger partial charge in [-0.05, 0) is 54.6 Å². The van der Waals surface area contributed by atoms with Crippen molar-refractivity contribution in [3.63, 3.8) is 0 Å². The number of nitrogens with zero attached hydrogens (tertiary/aromatic N) is 2. The second kappa shape index (κ2) is 9.46. The molecular formula is C22H17F4N3O3. The highest BCUT2D eigenvalue weighted by Crippen LogP contribution is 2.30. The largest absolute Gasteiger partial charge is 0.439 e. The molecule has 0 spiro atoms. The Morgan fingerprint density at radius 1 is 0.969 bits per heavy atom. The van der Waals surface area contributed by atoms with Gasteiger partial charge in [-0.3, -0.25) is 9.59 Å². The maximum Gasteiger partial charge on any atom is 0.417 e. The normalized spacial score (nSPS) is 11.1. The number of anilines is 1. The fraction of sp³-hybridized carbons (Fsp3) is 0.136. The van der Waals surface area contributed by atoms with Crippen molar-refractivity contribution in [1.29, 1.82) is 0 Å². The number of rotatable bonds is 7. The minimum absolute atomic E-state index is 0.00642. The summed E-state index contributed by atoms with van der Waals surface area (Å²) in [5, 5.41) is 0. The Morgan fingerprint density at radius 3 is 2.16 bits per heavy atom. The smallest absolute Gasteiger partial charge is 0.417 e. The average molecular weight is 447 g/mol. The van der Waals surface area contributed by atoms with E-state index in [-0.39, 0.29) is 30.2 Å². The number of nitrogens with two attached hydrogens (primary N) is 1. The van der Waals surface area contributed by atoms with Crippen LogP contribution >= 0.6 is 0 Å². The zero-order chi connectivity index (χ0) is 23.3. The van der Waals surface area contributed by atoms with E-state index in [9.17, 15) is 27.2 Å². The first-order chi connectivity index (χ1) is 15.1. The quantitative estimate of drug-likeness (QED) is 0.539. The molecule has 3 rings (SSSR count). The lowest BCUT2D eigenvalue weighted by Gasteiger charge is -2.22. The van der Waals surface area contributed by atoms with E-state index in [1.807, 2.05) is 0 Å². The molecule has 0 aliphatic carbocycles. The van der Waals surface area contributed by atoms with Crippen LogP contribution in [0.3, 0.4) is 0 Å². The third kappa shape index (κ3) is 5.81. The molecule has 3 aromatic rings. The Morgan fingerprint density at radius 2 is 1.62 bits per heavy atom. The molecule has 166 valence electrons. The van der Waals surface area contributed by atoms with Gasteiger partial charge in [-0.25, -0.2) is 9.37 Å². The summed E-state index contributed by atoms with van der Waals surface area (Å²) in [4.78, 5) is 29.1. The molecule has 10 heteroatoms. The van der Waals surface area contributed by atoms with Crippen LogP contribution in [0.5, 0.6) is 11.6 Å². The number of carbonyl (C=O) groups is 2. The first kappa shape index (κ1) is 22.7. The Kier molecular flexibility index (Phi) is 6.72. The van der Waals surface area contributed by atoms with E-state index in [0.717, 1.165) is 12.1 Å². The van der Waals surface area contributed by atoms with Gasteiger partial charge < -0.3 is 15.4 Å². The van der Waals surface area contributed by atoms with Crippen LogP contribution in [0, 0.1) is 5.82 Å². The predicted molar refractivity (Wildman–Crippen MR) is 108 cm³/mol. The molecule has 0 bridgehead atoms. The van der Waals surface area contributed by atoms with Gasteiger partial charge in [-0.15, -0.1) is 0 Å².